The van der Waals surface area contributed by atoms with Gasteiger partial charge in [0.1, 0.15) is 23.3 Å². The molecule has 98 valence electrons. The van der Waals surface area contributed by atoms with Crippen molar-refractivity contribution in [3.05, 3.63) is 35.3 Å². The first kappa shape index (κ1) is 13.1. The standard InChI is InChI=1S/C14H17FO3/c1-9-11-8-10(15)5-6-13(11)18-14(9)12(16)4-3-7-17-2/h5-6,8,12,16H,3-4,7H2,1-2H3. The fourth-order valence-corrected chi connectivity index (χ4v) is 2.08. The van der Waals surface area contributed by atoms with E-state index in [1.54, 1.807) is 13.2 Å². The van der Waals surface area contributed by atoms with Crippen LogP contribution in [0.15, 0.2) is 22.6 Å². The highest BCUT2D eigenvalue weighted by Gasteiger charge is 2.18. The number of furan rings is 1. The van der Waals surface area contributed by atoms with E-state index >= 15 is 0 Å². The molecule has 1 unspecified atom stereocenters. The monoisotopic (exact) mass is 252 g/mol. The van der Waals surface area contributed by atoms with Crippen molar-refractivity contribution in [2.24, 2.45) is 0 Å². The Bertz CT molecular complexity index is 533. The molecule has 3 nitrogen and oxygen atoms in total. The van der Waals surface area contributed by atoms with Gasteiger partial charge in [-0.15, -0.1) is 0 Å². The van der Waals surface area contributed by atoms with Crippen LogP contribution < -0.4 is 0 Å². The summed E-state index contributed by atoms with van der Waals surface area (Å²) in [5.74, 6) is 0.221. The number of aryl methyl sites for hydroxylation is 1. The lowest BCUT2D eigenvalue weighted by atomic mass is 10.1. The van der Waals surface area contributed by atoms with Crippen molar-refractivity contribution in [3.8, 4) is 0 Å². The van der Waals surface area contributed by atoms with Crippen LogP contribution in [-0.4, -0.2) is 18.8 Å². The van der Waals surface area contributed by atoms with Crippen LogP contribution in [0.4, 0.5) is 4.39 Å². The van der Waals surface area contributed by atoms with Crippen LogP contribution in [-0.2, 0) is 4.74 Å². The molecule has 0 bridgehead atoms. The van der Waals surface area contributed by atoms with Gasteiger partial charge in [-0.1, -0.05) is 0 Å². The molecule has 0 fully saturated rings. The number of aliphatic hydroxyl groups excluding tert-OH is 1. The molecule has 1 aromatic heterocycles. The summed E-state index contributed by atoms with van der Waals surface area (Å²) in [5.41, 5.74) is 1.41. The van der Waals surface area contributed by atoms with Crippen LogP contribution in [0.25, 0.3) is 11.0 Å². The first-order valence-corrected chi connectivity index (χ1v) is 5.99. The Hall–Kier alpha value is -1.39. The highest BCUT2D eigenvalue weighted by molar-refractivity contribution is 5.82. The van der Waals surface area contributed by atoms with E-state index in [1.807, 2.05) is 6.92 Å². The van der Waals surface area contributed by atoms with E-state index in [1.165, 1.54) is 12.1 Å². The summed E-state index contributed by atoms with van der Waals surface area (Å²) in [6.07, 6.45) is 0.648. The number of halogens is 1. The highest BCUT2D eigenvalue weighted by Crippen LogP contribution is 2.31. The molecule has 0 radical (unpaired) electrons. The number of hydrogen-bond donors (Lipinski definition) is 1. The van der Waals surface area contributed by atoms with Crippen molar-refractivity contribution in [3.63, 3.8) is 0 Å². The van der Waals surface area contributed by atoms with Gasteiger partial charge >= 0.3 is 0 Å². The van der Waals surface area contributed by atoms with E-state index in [-0.39, 0.29) is 5.82 Å². The van der Waals surface area contributed by atoms with Crippen LogP contribution in [0, 0.1) is 12.7 Å². The minimum atomic E-state index is -0.671. The van der Waals surface area contributed by atoms with Gasteiger partial charge in [0.25, 0.3) is 0 Å². The summed E-state index contributed by atoms with van der Waals surface area (Å²) < 4.78 is 23.7. The zero-order valence-corrected chi connectivity index (χ0v) is 10.6. The van der Waals surface area contributed by atoms with E-state index in [4.69, 9.17) is 9.15 Å². The van der Waals surface area contributed by atoms with Gasteiger partial charge in [0.05, 0.1) is 0 Å². The highest BCUT2D eigenvalue weighted by atomic mass is 19.1. The summed E-state index contributed by atoms with van der Waals surface area (Å²) >= 11 is 0. The third-order valence-electron chi connectivity index (χ3n) is 3.06. The van der Waals surface area contributed by atoms with Gasteiger partial charge < -0.3 is 14.3 Å². The Morgan fingerprint density at radius 1 is 1.44 bits per heavy atom. The lowest BCUT2D eigenvalue weighted by Gasteiger charge is -2.08. The first-order chi connectivity index (χ1) is 8.63. The topological polar surface area (TPSA) is 42.6 Å². The maximum absolute atomic E-state index is 13.2. The fourth-order valence-electron chi connectivity index (χ4n) is 2.08. The Kier molecular flexibility index (Phi) is 3.99. The molecule has 2 aromatic rings. The molecule has 0 amide bonds. The molecule has 0 spiro atoms. The van der Waals surface area contributed by atoms with Crippen molar-refractivity contribution in [2.45, 2.75) is 25.9 Å². The molecule has 1 N–H and O–H groups in total. The maximum atomic E-state index is 13.2. The summed E-state index contributed by atoms with van der Waals surface area (Å²) in [4.78, 5) is 0. The zero-order chi connectivity index (χ0) is 13.1. The van der Waals surface area contributed by atoms with E-state index in [0.717, 1.165) is 17.4 Å². The molecule has 1 atom stereocenters. The zero-order valence-electron chi connectivity index (χ0n) is 10.6. The number of fused-ring (bicyclic) bond motifs is 1. The number of rotatable bonds is 5. The molecule has 0 aliphatic heterocycles. The smallest absolute Gasteiger partial charge is 0.136 e. The number of benzene rings is 1. The molecule has 1 heterocycles. The molecule has 0 saturated heterocycles. The summed E-state index contributed by atoms with van der Waals surface area (Å²) in [6.45, 7) is 2.44. The van der Waals surface area contributed by atoms with Crippen LogP contribution in [0.2, 0.25) is 0 Å². The van der Waals surface area contributed by atoms with Crippen LogP contribution in [0.5, 0.6) is 0 Å². The first-order valence-electron chi connectivity index (χ1n) is 5.99. The average Bonchev–Trinajstić information content (AvgIpc) is 2.67. The van der Waals surface area contributed by atoms with Crippen LogP contribution in [0.1, 0.15) is 30.3 Å². The Labute approximate surface area is 105 Å². The lowest BCUT2D eigenvalue weighted by Crippen LogP contribution is -2.00. The van der Waals surface area contributed by atoms with Gasteiger partial charge in [-0.05, 0) is 38.0 Å². The predicted octanol–water partition coefficient (Wildman–Crippen LogP) is 3.34. The van der Waals surface area contributed by atoms with Gasteiger partial charge in [-0.25, -0.2) is 4.39 Å². The van der Waals surface area contributed by atoms with Gasteiger partial charge in [0.15, 0.2) is 0 Å². The van der Waals surface area contributed by atoms with E-state index in [9.17, 15) is 9.50 Å². The number of methoxy groups -OCH3 is 1. The summed E-state index contributed by atoms with van der Waals surface area (Å²) in [7, 11) is 1.63. The van der Waals surface area contributed by atoms with Crippen molar-refractivity contribution in [1.82, 2.24) is 0 Å². The van der Waals surface area contributed by atoms with Gasteiger partial charge in [-0.3, -0.25) is 0 Å². The molecule has 0 aliphatic rings. The molecular weight excluding hydrogens is 235 g/mol. The molecule has 18 heavy (non-hydrogen) atoms. The van der Waals surface area contributed by atoms with E-state index < -0.39 is 6.10 Å². The Morgan fingerprint density at radius 3 is 2.94 bits per heavy atom. The predicted molar refractivity (Wildman–Crippen MR) is 67.0 cm³/mol. The Morgan fingerprint density at radius 2 is 2.22 bits per heavy atom. The van der Waals surface area contributed by atoms with E-state index in [2.05, 4.69) is 0 Å². The quantitative estimate of drug-likeness (QED) is 0.830. The average molecular weight is 252 g/mol. The lowest BCUT2D eigenvalue weighted by molar-refractivity contribution is 0.119. The fraction of sp³-hybridized carbons (Fsp3) is 0.429. The van der Waals surface area contributed by atoms with Gasteiger partial charge in [-0.2, -0.15) is 0 Å². The third kappa shape index (κ3) is 2.54. The van der Waals surface area contributed by atoms with Crippen molar-refractivity contribution < 1.29 is 18.7 Å². The minimum Gasteiger partial charge on any atom is -0.458 e. The number of ether oxygens (including phenoxy) is 1. The van der Waals surface area contributed by atoms with Crippen molar-refractivity contribution in [1.29, 1.82) is 0 Å². The van der Waals surface area contributed by atoms with Crippen LogP contribution >= 0.6 is 0 Å². The molecule has 0 aliphatic carbocycles. The minimum absolute atomic E-state index is 0.299. The molecule has 0 saturated carbocycles. The maximum Gasteiger partial charge on any atom is 0.136 e. The largest absolute Gasteiger partial charge is 0.458 e. The second kappa shape index (κ2) is 5.50. The SMILES string of the molecule is COCCCC(O)c1oc2ccc(F)cc2c1C. The van der Waals surface area contributed by atoms with Gasteiger partial charge in [0, 0.05) is 24.7 Å². The third-order valence-corrected chi connectivity index (χ3v) is 3.06. The van der Waals surface area contributed by atoms with Crippen molar-refractivity contribution in [2.75, 3.05) is 13.7 Å². The number of aliphatic hydroxyl groups is 1. The second-order valence-corrected chi connectivity index (χ2v) is 4.38. The Balaban J connectivity index is 2.25. The molecule has 4 heteroatoms. The molecule has 2 rings (SSSR count). The summed E-state index contributed by atoms with van der Waals surface area (Å²) in [5, 5.41) is 10.8. The van der Waals surface area contributed by atoms with Crippen molar-refractivity contribution >= 4 is 11.0 Å². The second-order valence-electron chi connectivity index (χ2n) is 4.38. The molecular formula is C14H17FO3. The van der Waals surface area contributed by atoms with E-state index in [0.29, 0.717) is 24.4 Å². The number of hydrogen-bond acceptors (Lipinski definition) is 3. The molecule has 1 aromatic carbocycles. The normalized spacial score (nSPS) is 13.1. The van der Waals surface area contributed by atoms with Gasteiger partial charge in [0.2, 0.25) is 0 Å². The van der Waals surface area contributed by atoms with Crippen LogP contribution in [0.3, 0.4) is 0 Å². The summed E-state index contributed by atoms with van der Waals surface area (Å²) in [6, 6.07) is 4.37.